The minimum atomic E-state index is -0.115. The highest BCUT2D eigenvalue weighted by Crippen LogP contribution is 2.36. The van der Waals surface area contributed by atoms with E-state index < -0.39 is 0 Å². The molecule has 2 nitrogen and oxygen atoms in total. The predicted molar refractivity (Wildman–Crippen MR) is 72.5 cm³/mol. The second-order valence-corrected chi connectivity index (χ2v) is 5.72. The minimum Gasteiger partial charge on any atom is -0.370 e. The van der Waals surface area contributed by atoms with Crippen molar-refractivity contribution in [1.82, 2.24) is 5.32 Å². The Labute approximate surface area is 108 Å². The molecule has 0 spiro atoms. The average molecular weight is 248 g/mol. The topological polar surface area (TPSA) is 15.3 Å². The molecule has 1 N–H and O–H groups in total. The summed E-state index contributed by atoms with van der Waals surface area (Å²) >= 11 is 0. The highest BCUT2D eigenvalue weighted by molar-refractivity contribution is 5.58. The second-order valence-electron chi connectivity index (χ2n) is 5.72. The lowest BCUT2D eigenvalue weighted by Gasteiger charge is -2.33. The number of fused-ring (bicyclic) bond motifs is 1. The van der Waals surface area contributed by atoms with Crippen LogP contribution in [0.15, 0.2) is 18.2 Å². The summed E-state index contributed by atoms with van der Waals surface area (Å²) in [4.78, 5) is 2.38. The van der Waals surface area contributed by atoms with Crippen molar-refractivity contribution in [3.63, 3.8) is 0 Å². The number of rotatable bonds is 3. The van der Waals surface area contributed by atoms with Crippen LogP contribution in [0.2, 0.25) is 0 Å². The van der Waals surface area contributed by atoms with E-state index >= 15 is 0 Å². The molecule has 0 bridgehead atoms. The maximum atomic E-state index is 13.4. The van der Waals surface area contributed by atoms with Crippen LogP contribution in [0, 0.1) is 11.2 Å². The van der Waals surface area contributed by atoms with Crippen LogP contribution in [0.5, 0.6) is 0 Å². The highest BCUT2D eigenvalue weighted by atomic mass is 19.1. The van der Waals surface area contributed by atoms with Crippen molar-refractivity contribution in [2.24, 2.45) is 5.41 Å². The fourth-order valence-corrected chi connectivity index (χ4v) is 3.33. The van der Waals surface area contributed by atoms with Gasteiger partial charge in [0.05, 0.1) is 0 Å². The van der Waals surface area contributed by atoms with Gasteiger partial charge in [-0.05, 0) is 43.5 Å². The van der Waals surface area contributed by atoms with E-state index in [9.17, 15) is 4.39 Å². The normalized spacial score (nSPS) is 26.7. The number of anilines is 1. The summed E-state index contributed by atoms with van der Waals surface area (Å²) in [5.74, 6) is -0.115. The predicted octanol–water partition coefficient (Wildman–Crippen LogP) is 2.58. The third-order valence-corrected chi connectivity index (χ3v) is 4.65. The van der Waals surface area contributed by atoms with E-state index in [1.54, 1.807) is 12.1 Å². The first kappa shape index (κ1) is 12.0. The van der Waals surface area contributed by atoms with Crippen molar-refractivity contribution in [1.29, 1.82) is 0 Å². The Morgan fingerprint density at radius 3 is 3.06 bits per heavy atom. The van der Waals surface area contributed by atoms with Crippen LogP contribution in [0.25, 0.3) is 0 Å². The summed E-state index contributed by atoms with van der Waals surface area (Å²) in [7, 11) is 0. The van der Waals surface area contributed by atoms with Crippen LogP contribution in [0.4, 0.5) is 10.1 Å². The van der Waals surface area contributed by atoms with Gasteiger partial charge in [-0.25, -0.2) is 4.39 Å². The number of halogens is 1. The van der Waals surface area contributed by atoms with Gasteiger partial charge in [0.15, 0.2) is 0 Å². The van der Waals surface area contributed by atoms with Gasteiger partial charge in [-0.15, -0.1) is 0 Å². The smallest absolute Gasteiger partial charge is 0.125 e. The van der Waals surface area contributed by atoms with E-state index in [0.29, 0.717) is 5.41 Å². The number of nitrogens with one attached hydrogen (secondary N) is 1. The zero-order valence-corrected chi connectivity index (χ0v) is 11.0. The maximum Gasteiger partial charge on any atom is 0.125 e. The average Bonchev–Trinajstić information content (AvgIpc) is 2.98. The minimum absolute atomic E-state index is 0.115. The lowest BCUT2D eigenvalue weighted by atomic mass is 9.83. The van der Waals surface area contributed by atoms with Gasteiger partial charge >= 0.3 is 0 Å². The molecule has 0 aliphatic carbocycles. The first-order chi connectivity index (χ1) is 8.72. The van der Waals surface area contributed by atoms with Crippen molar-refractivity contribution < 1.29 is 4.39 Å². The van der Waals surface area contributed by atoms with Gasteiger partial charge in [0.25, 0.3) is 0 Å². The zero-order chi connectivity index (χ0) is 12.6. The van der Waals surface area contributed by atoms with Gasteiger partial charge in [0.1, 0.15) is 5.82 Å². The molecule has 2 aliphatic rings. The molecule has 3 heteroatoms. The third-order valence-electron chi connectivity index (χ3n) is 4.65. The van der Waals surface area contributed by atoms with E-state index in [2.05, 4.69) is 17.1 Å². The van der Waals surface area contributed by atoms with Crippen molar-refractivity contribution in [2.75, 3.05) is 31.1 Å². The first-order valence-electron chi connectivity index (χ1n) is 6.97. The molecule has 2 heterocycles. The van der Waals surface area contributed by atoms with Crippen LogP contribution in [-0.4, -0.2) is 26.2 Å². The Morgan fingerprint density at radius 1 is 1.44 bits per heavy atom. The highest BCUT2D eigenvalue weighted by Gasteiger charge is 2.35. The molecule has 3 rings (SSSR count). The van der Waals surface area contributed by atoms with E-state index in [1.165, 1.54) is 18.4 Å². The molecule has 1 saturated heterocycles. The largest absolute Gasteiger partial charge is 0.370 e. The molecule has 0 amide bonds. The van der Waals surface area contributed by atoms with E-state index in [-0.39, 0.29) is 5.82 Å². The van der Waals surface area contributed by atoms with Gasteiger partial charge in [0.2, 0.25) is 0 Å². The second kappa shape index (κ2) is 4.54. The van der Waals surface area contributed by atoms with Crippen LogP contribution in [-0.2, 0) is 6.42 Å². The van der Waals surface area contributed by atoms with Gasteiger partial charge < -0.3 is 10.2 Å². The quantitative estimate of drug-likeness (QED) is 0.884. The summed E-state index contributed by atoms with van der Waals surface area (Å²) in [6.07, 6.45) is 3.49. The van der Waals surface area contributed by atoms with Crippen LogP contribution < -0.4 is 10.2 Å². The van der Waals surface area contributed by atoms with E-state index in [4.69, 9.17) is 0 Å². The lowest BCUT2D eigenvalue weighted by molar-refractivity contribution is 0.314. The van der Waals surface area contributed by atoms with Crippen LogP contribution in [0.1, 0.15) is 25.3 Å². The Bertz CT molecular complexity index is 438. The summed E-state index contributed by atoms with van der Waals surface area (Å²) in [6, 6.07) is 5.22. The summed E-state index contributed by atoms with van der Waals surface area (Å²) < 4.78 is 13.4. The fourth-order valence-electron chi connectivity index (χ4n) is 3.33. The van der Waals surface area contributed by atoms with Crippen molar-refractivity contribution in [3.8, 4) is 0 Å². The van der Waals surface area contributed by atoms with Crippen molar-refractivity contribution in [3.05, 3.63) is 29.6 Å². The Kier molecular flexibility index (Phi) is 3.02. The van der Waals surface area contributed by atoms with Gasteiger partial charge in [-0.1, -0.05) is 13.0 Å². The van der Waals surface area contributed by atoms with Crippen LogP contribution in [0.3, 0.4) is 0 Å². The first-order valence-corrected chi connectivity index (χ1v) is 6.97. The number of benzene rings is 1. The molecule has 18 heavy (non-hydrogen) atoms. The summed E-state index contributed by atoms with van der Waals surface area (Å²) in [6.45, 7) is 6.60. The molecule has 0 radical (unpaired) electrons. The number of hydrogen-bond donors (Lipinski definition) is 1. The number of nitrogens with zero attached hydrogens (tertiary/aromatic N) is 1. The number of hydrogen-bond acceptors (Lipinski definition) is 2. The van der Waals surface area contributed by atoms with Gasteiger partial charge in [-0.3, -0.25) is 0 Å². The van der Waals surface area contributed by atoms with Crippen LogP contribution >= 0.6 is 0 Å². The molecular weight excluding hydrogens is 227 g/mol. The molecular formula is C15H21FN2. The molecule has 1 atom stereocenters. The molecule has 1 unspecified atom stereocenters. The Balaban J connectivity index is 1.81. The Hall–Kier alpha value is -1.09. The lowest BCUT2D eigenvalue weighted by Crippen LogP contribution is -2.38. The monoisotopic (exact) mass is 248 g/mol. The summed E-state index contributed by atoms with van der Waals surface area (Å²) in [5, 5.41) is 3.47. The summed E-state index contributed by atoms with van der Waals surface area (Å²) in [5.41, 5.74) is 2.80. The SMILES string of the molecule is CCC1(CN2CCc3ccc(F)cc32)CCNC1. The molecule has 98 valence electrons. The Morgan fingerprint density at radius 2 is 2.33 bits per heavy atom. The molecule has 1 fully saturated rings. The molecule has 2 aliphatic heterocycles. The zero-order valence-electron chi connectivity index (χ0n) is 11.0. The maximum absolute atomic E-state index is 13.4. The standard InChI is InChI=1S/C15H21FN2/c1-2-15(6-7-17-10-15)11-18-8-5-12-3-4-13(16)9-14(12)18/h3-4,9,17H,2,5-8,10-11H2,1H3. The third kappa shape index (κ3) is 2.01. The van der Waals surface area contributed by atoms with E-state index in [0.717, 1.165) is 38.3 Å². The molecule has 0 aromatic heterocycles. The molecule has 1 aromatic rings. The van der Waals surface area contributed by atoms with Gasteiger partial charge in [0, 0.05) is 30.7 Å². The van der Waals surface area contributed by atoms with E-state index in [1.807, 2.05) is 6.07 Å². The van der Waals surface area contributed by atoms with Crippen molar-refractivity contribution in [2.45, 2.75) is 26.2 Å². The fraction of sp³-hybridized carbons (Fsp3) is 0.600. The molecule has 1 aromatic carbocycles. The van der Waals surface area contributed by atoms with Crippen molar-refractivity contribution >= 4 is 5.69 Å². The van der Waals surface area contributed by atoms with Gasteiger partial charge in [-0.2, -0.15) is 0 Å². The molecule has 0 saturated carbocycles.